The quantitative estimate of drug-likeness (QED) is 0.801. The Morgan fingerprint density at radius 2 is 1.85 bits per heavy atom. The molecule has 1 unspecified atom stereocenters. The van der Waals surface area contributed by atoms with Crippen LogP contribution < -0.4 is 5.32 Å². The predicted molar refractivity (Wildman–Crippen MR) is 96.2 cm³/mol. The molecule has 0 bridgehead atoms. The summed E-state index contributed by atoms with van der Waals surface area (Å²) in [4.78, 5) is 28.3. The standard InChI is InChI=1S/C19H26FN3O3/c1-14(26-13-15-2-3-15)19(25)23-10-8-22(9-11-23)12-18(24)21-17-6-4-16(20)5-7-17/h4-7,14-15H,2-3,8-13H2,1H3,(H,21,24). The van der Waals surface area contributed by atoms with E-state index < -0.39 is 6.10 Å². The summed E-state index contributed by atoms with van der Waals surface area (Å²) in [5.41, 5.74) is 0.576. The molecule has 1 N–H and O–H groups in total. The minimum Gasteiger partial charge on any atom is -0.368 e. The number of hydrogen-bond acceptors (Lipinski definition) is 4. The highest BCUT2D eigenvalue weighted by molar-refractivity contribution is 5.92. The summed E-state index contributed by atoms with van der Waals surface area (Å²) in [6.07, 6.45) is 2.02. The number of piperazine rings is 1. The van der Waals surface area contributed by atoms with Crippen molar-refractivity contribution in [2.24, 2.45) is 5.92 Å². The molecule has 2 amide bonds. The third-order valence-electron chi connectivity index (χ3n) is 4.81. The molecule has 1 saturated carbocycles. The van der Waals surface area contributed by atoms with Crippen LogP contribution in [0.25, 0.3) is 0 Å². The van der Waals surface area contributed by atoms with Crippen LogP contribution in [0.15, 0.2) is 24.3 Å². The Kier molecular flexibility index (Phi) is 6.21. The van der Waals surface area contributed by atoms with Crippen molar-refractivity contribution in [1.82, 2.24) is 9.80 Å². The third kappa shape index (κ3) is 5.51. The van der Waals surface area contributed by atoms with E-state index in [0.717, 1.165) is 0 Å². The fraction of sp³-hybridized carbons (Fsp3) is 0.579. The van der Waals surface area contributed by atoms with Gasteiger partial charge in [-0.1, -0.05) is 0 Å². The lowest BCUT2D eigenvalue weighted by atomic mass is 10.2. The number of ether oxygens (including phenoxy) is 1. The largest absolute Gasteiger partial charge is 0.368 e. The monoisotopic (exact) mass is 363 g/mol. The summed E-state index contributed by atoms with van der Waals surface area (Å²) >= 11 is 0. The molecule has 1 aliphatic heterocycles. The van der Waals surface area contributed by atoms with Gasteiger partial charge in [0.1, 0.15) is 11.9 Å². The second-order valence-corrected chi connectivity index (χ2v) is 7.08. The van der Waals surface area contributed by atoms with Crippen molar-refractivity contribution in [3.63, 3.8) is 0 Å². The molecule has 142 valence electrons. The Bertz CT molecular complexity index is 625. The Hall–Kier alpha value is -1.99. The molecular weight excluding hydrogens is 337 g/mol. The van der Waals surface area contributed by atoms with E-state index in [0.29, 0.717) is 44.4 Å². The Morgan fingerprint density at radius 1 is 1.19 bits per heavy atom. The second kappa shape index (κ2) is 8.60. The van der Waals surface area contributed by atoms with Gasteiger partial charge in [0.15, 0.2) is 0 Å². The predicted octanol–water partition coefficient (Wildman–Crippen LogP) is 1.72. The average Bonchev–Trinajstić information content (AvgIpc) is 3.46. The van der Waals surface area contributed by atoms with Crippen LogP contribution in [0.3, 0.4) is 0 Å². The first-order valence-corrected chi connectivity index (χ1v) is 9.19. The summed E-state index contributed by atoms with van der Waals surface area (Å²) in [7, 11) is 0. The van der Waals surface area contributed by atoms with Crippen LogP contribution in [0.4, 0.5) is 10.1 Å². The van der Waals surface area contributed by atoms with Gasteiger partial charge in [0.2, 0.25) is 5.91 Å². The number of halogens is 1. The molecule has 26 heavy (non-hydrogen) atoms. The Morgan fingerprint density at radius 3 is 2.46 bits per heavy atom. The van der Waals surface area contributed by atoms with E-state index in [1.807, 2.05) is 16.7 Å². The molecule has 2 fully saturated rings. The third-order valence-corrected chi connectivity index (χ3v) is 4.81. The molecule has 1 saturated heterocycles. The van der Waals surface area contributed by atoms with Gasteiger partial charge in [0.05, 0.1) is 13.2 Å². The van der Waals surface area contributed by atoms with Crippen molar-refractivity contribution in [3.8, 4) is 0 Å². The van der Waals surface area contributed by atoms with Crippen LogP contribution in [-0.4, -0.2) is 67.0 Å². The highest BCUT2D eigenvalue weighted by atomic mass is 19.1. The maximum atomic E-state index is 12.9. The zero-order valence-corrected chi connectivity index (χ0v) is 15.1. The smallest absolute Gasteiger partial charge is 0.251 e. The lowest BCUT2D eigenvalue weighted by Gasteiger charge is -2.35. The number of amides is 2. The van der Waals surface area contributed by atoms with E-state index in [4.69, 9.17) is 4.74 Å². The van der Waals surface area contributed by atoms with E-state index in [9.17, 15) is 14.0 Å². The lowest BCUT2D eigenvalue weighted by Crippen LogP contribution is -2.52. The summed E-state index contributed by atoms with van der Waals surface area (Å²) < 4.78 is 18.5. The molecule has 3 rings (SSSR count). The topological polar surface area (TPSA) is 61.9 Å². The van der Waals surface area contributed by atoms with E-state index in [1.165, 1.54) is 37.1 Å². The van der Waals surface area contributed by atoms with Gasteiger partial charge in [-0.15, -0.1) is 0 Å². The van der Waals surface area contributed by atoms with E-state index in [2.05, 4.69) is 5.32 Å². The van der Waals surface area contributed by atoms with E-state index >= 15 is 0 Å². The number of hydrogen-bond donors (Lipinski definition) is 1. The highest BCUT2D eigenvalue weighted by Crippen LogP contribution is 2.29. The van der Waals surface area contributed by atoms with Gasteiger partial charge >= 0.3 is 0 Å². The van der Waals surface area contributed by atoms with Gasteiger partial charge in [-0.2, -0.15) is 0 Å². The number of carbonyl (C=O) groups is 2. The number of rotatable bonds is 7. The van der Waals surface area contributed by atoms with E-state index in [1.54, 1.807) is 0 Å². The Balaban J connectivity index is 1.37. The van der Waals surface area contributed by atoms with Crippen molar-refractivity contribution < 1.29 is 18.7 Å². The first-order valence-electron chi connectivity index (χ1n) is 9.19. The minimum atomic E-state index is -0.399. The van der Waals surface area contributed by atoms with Gasteiger partial charge in [0, 0.05) is 31.9 Å². The molecule has 1 aromatic carbocycles. The number of nitrogens with zero attached hydrogens (tertiary/aromatic N) is 2. The fourth-order valence-electron chi connectivity index (χ4n) is 2.96. The SMILES string of the molecule is CC(OCC1CC1)C(=O)N1CCN(CC(=O)Nc2ccc(F)cc2)CC1. The molecular formula is C19H26FN3O3. The minimum absolute atomic E-state index is 0.0288. The molecule has 0 radical (unpaired) electrons. The van der Waals surface area contributed by atoms with Crippen LogP contribution >= 0.6 is 0 Å². The molecule has 1 aliphatic carbocycles. The fourth-order valence-corrected chi connectivity index (χ4v) is 2.96. The maximum Gasteiger partial charge on any atom is 0.251 e. The van der Waals surface area contributed by atoms with Crippen molar-refractivity contribution >= 4 is 17.5 Å². The summed E-state index contributed by atoms with van der Waals surface area (Å²) in [5.74, 6) is 0.194. The zero-order valence-electron chi connectivity index (χ0n) is 15.1. The van der Waals surface area contributed by atoms with Gasteiger partial charge in [-0.05, 0) is 49.9 Å². The summed E-state index contributed by atoms with van der Waals surface area (Å²) in [6.45, 7) is 5.24. The second-order valence-electron chi connectivity index (χ2n) is 7.08. The van der Waals surface area contributed by atoms with Crippen molar-refractivity contribution in [2.75, 3.05) is 44.6 Å². The number of anilines is 1. The van der Waals surface area contributed by atoms with Gasteiger partial charge in [0.25, 0.3) is 5.91 Å². The molecule has 1 heterocycles. The molecule has 0 aromatic heterocycles. The number of nitrogens with one attached hydrogen (secondary N) is 1. The molecule has 2 aliphatic rings. The number of carbonyl (C=O) groups excluding carboxylic acids is 2. The van der Waals surface area contributed by atoms with Crippen molar-refractivity contribution in [3.05, 3.63) is 30.1 Å². The van der Waals surface area contributed by atoms with Crippen molar-refractivity contribution in [2.45, 2.75) is 25.9 Å². The van der Waals surface area contributed by atoms with Crippen LogP contribution in [-0.2, 0) is 14.3 Å². The Labute approximate surface area is 153 Å². The van der Waals surface area contributed by atoms with E-state index in [-0.39, 0.29) is 24.2 Å². The van der Waals surface area contributed by atoms with Crippen LogP contribution in [0.1, 0.15) is 19.8 Å². The first-order chi connectivity index (χ1) is 12.5. The van der Waals surface area contributed by atoms with Crippen LogP contribution in [0, 0.1) is 11.7 Å². The molecule has 0 spiro atoms. The molecule has 1 aromatic rings. The molecule has 6 nitrogen and oxygen atoms in total. The first kappa shape index (κ1) is 18.8. The average molecular weight is 363 g/mol. The highest BCUT2D eigenvalue weighted by Gasteiger charge is 2.28. The van der Waals surface area contributed by atoms with Gasteiger partial charge in [-0.25, -0.2) is 4.39 Å². The number of benzene rings is 1. The van der Waals surface area contributed by atoms with Gasteiger partial charge in [-0.3, -0.25) is 14.5 Å². The summed E-state index contributed by atoms with van der Waals surface area (Å²) in [6, 6.07) is 5.69. The summed E-state index contributed by atoms with van der Waals surface area (Å²) in [5, 5.41) is 2.75. The van der Waals surface area contributed by atoms with Crippen LogP contribution in [0.2, 0.25) is 0 Å². The zero-order chi connectivity index (χ0) is 18.5. The van der Waals surface area contributed by atoms with Crippen LogP contribution in [0.5, 0.6) is 0 Å². The maximum absolute atomic E-state index is 12.9. The molecule has 1 atom stereocenters. The van der Waals surface area contributed by atoms with Crippen molar-refractivity contribution in [1.29, 1.82) is 0 Å². The normalized spacial score (nSPS) is 19.2. The lowest BCUT2D eigenvalue weighted by molar-refractivity contribution is -0.144. The van der Waals surface area contributed by atoms with Gasteiger partial charge < -0.3 is 15.0 Å². The molecule has 7 heteroatoms.